The lowest BCUT2D eigenvalue weighted by Crippen LogP contribution is -2.46. The third-order valence-electron chi connectivity index (χ3n) is 6.48. The lowest BCUT2D eigenvalue weighted by atomic mass is 9.91. The smallest absolute Gasteiger partial charge is 0.380 e. The van der Waals surface area contributed by atoms with E-state index in [1.165, 1.54) is 23.5 Å². The number of piperidine rings is 1. The summed E-state index contributed by atoms with van der Waals surface area (Å²) < 4.78 is 44.5. The number of amides is 1. The predicted molar refractivity (Wildman–Crippen MR) is 118 cm³/mol. The van der Waals surface area contributed by atoms with Crippen LogP contribution in [0.1, 0.15) is 39.3 Å². The van der Waals surface area contributed by atoms with Crippen molar-refractivity contribution in [3.63, 3.8) is 0 Å². The Balaban J connectivity index is 1.18. The highest BCUT2D eigenvalue weighted by molar-refractivity contribution is 7.18. The molecule has 2 aliphatic rings. The van der Waals surface area contributed by atoms with Gasteiger partial charge in [-0.3, -0.25) is 4.79 Å². The van der Waals surface area contributed by atoms with Gasteiger partial charge >= 0.3 is 6.18 Å². The molecule has 0 bridgehead atoms. The zero-order chi connectivity index (χ0) is 23.2. The Kier molecular flexibility index (Phi) is 5.66. The molecule has 2 fully saturated rings. The summed E-state index contributed by atoms with van der Waals surface area (Å²) in [4.78, 5) is 19.2. The van der Waals surface area contributed by atoms with Gasteiger partial charge in [0.15, 0.2) is 0 Å². The molecule has 2 aromatic carbocycles. The monoisotopic (exact) mass is 476 g/mol. The molecular weight excluding hydrogens is 453 g/mol. The fourth-order valence-electron chi connectivity index (χ4n) is 4.39. The molecule has 0 aliphatic carbocycles. The number of aromatic nitrogens is 1. The standard InChI is InChI=1S/C24H23F3N2O3S/c25-24(26,27)18-5-6-19-20(12-18)33-21(28-19)11-15-7-9-29(10-8-15)22(30)16-1-3-17(4-2-16)23(31)13-32-14-23/h1-6,12,15,31H,7-11,13-14H2. The number of alkyl halides is 3. The first-order chi connectivity index (χ1) is 15.7. The summed E-state index contributed by atoms with van der Waals surface area (Å²) in [5.41, 5.74) is 0.335. The number of rotatable bonds is 4. The molecule has 33 heavy (non-hydrogen) atoms. The zero-order valence-corrected chi connectivity index (χ0v) is 18.6. The number of carbonyl (C=O) groups excluding carboxylic acids is 1. The number of hydrogen-bond donors (Lipinski definition) is 1. The number of fused-ring (bicyclic) bond motifs is 1. The highest BCUT2D eigenvalue weighted by Crippen LogP contribution is 2.34. The molecular formula is C24H23F3N2O3S. The molecule has 9 heteroatoms. The second-order valence-electron chi connectivity index (χ2n) is 8.83. The lowest BCUT2D eigenvalue weighted by Gasteiger charge is -2.37. The Bertz CT molecular complexity index is 1160. The summed E-state index contributed by atoms with van der Waals surface area (Å²) in [5, 5.41) is 11.2. The van der Waals surface area contributed by atoms with Crippen LogP contribution in [0.2, 0.25) is 0 Å². The molecule has 3 heterocycles. The normalized spacial score (nSPS) is 19.0. The van der Waals surface area contributed by atoms with Gasteiger partial charge in [-0.1, -0.05) is 12.1 Å². The molecule has 174 valence electrons. The molecule has 0 atom stereocenters. The van der Waals surface area contributed by atoms with E-state index in [4.69, 9.17) is 4.74 Å². The van der Waals surface area contributed by atoms with Crippen LogP contribution in [0.4, 0.5) is 13.2 Å². The third-order valence-corrected chi connectivity index (χ3v) is 7.52. The van der Waals surface area contributed by atoms with Gasteiger partial charge in [0.25, 0.3) is 5.91 Å². The van der Waals surface area contributed by atoms with Crippen LogP contribution in [0.5, 0.6) is 0 Å². The Labute approximate surface area is 192 Å². The van der Waals surface area contributed by atoms with Crippen LogP contribution in [-0.2, 0) is 22.9 Å². The van der Waals surface area contributed by atoms with Gasteiger partial charge in [0.2, 0.25) is 0 Å². The van der Waals surface area contributed by atoms with Crippen LogP contribution in [-0.4, -0.2) is 47.2 Å². The summed E-state index contributed by atoms with van der Waals surface area (Å²) >= 11 is 1.31. The minimum absolute atomic E-state index is 0.0310. The molecule has 0 spiro atoms. The Morgan fingerprint density at radius 1 is 1.15 bits per heavy atom. The molecule has 3 aromatic rings. The average Bonchev–Trinajstić information content (AvgIpc) is 3.18. The first kappa shape index (κ1) is 22.3. The maximum atomic E-state index is 12.9. The first-order valence-corrected chi connectivity index (χ1v) is 11.7. The summed E-state index contributed by atoms with van der Waals surface area (Å²) in [7, 11) is 0. The SMILES string of the molecule is O=C(c1ccc(C2(O)COC2)cc1)N1CCC(Cc2nc3ccc(C(F)(F)F)cc3s2)CC1. The van der Waals surface area contributed by atoms with Crippen molar-refractivity contribution in [2.75, 3.05) is 26.3 Å². The van der Waals surface area contributed by atoms with Gasteiger partial charge < -0.3 is 14.7 Å². The molecule has 0 saturated carbocycles. The largest absolute Gasteiger partial charge is 0.416 e. The minimum atomic E-state index is -4.36. The first-order valence-electron chi connectivity index (χ1n) is 10.9. The molecule has 2 aliphatic heterocycles. The Hall–Kier alpha value is -2.49. The number of benzene rings is 2. The number of hydrogen-bond acceptors (Lipinski definition) is 5. The molecule has 1 amide bonds. The van der Waals surface area contributed by atoms with Crippen LogP contribution in [0.25, 0.3) is 10.2 Å². The van der Waals surface area contributed by atoms with E-state index in [2.05, 4.69) is 4.98 Å². The number of carbonyl (C=O) groups is 1. The van der Waals surface area contributed by atoms with Gasteiger partial charge in [-0.2, -0.15) is 13.2 Å². The van der Waals surface area contributed by atoms with Gasteiger partial charge in [-0.25, -0.2) is 4.98 Å². The molecule has 5 rings (SSSR count). The Morgan fingerprint density at radius 2 is 1.85 bits per heavy atom. The molecule has 5 nitrogen and oxygen atoms in total. The van der Waals surface area contributed by atoms with Crippen molar-refractivity contribution in [3.8, 4) is 0 Å². The number of thiazole rings is 1. The van der Waals surface area contributed by atoms with Crippen molar-refractivity contribution >= 4 is 27.5 Å². The van der Waals surface area contributed by atoms with E-state index < -0.39 is 17.3 Å². The van der Waals surface area contributed by atoms with Gasteiger partial charge in [0.05, 0.1) is 34.0 Å². The number of nitrogens with zero attached hydrogens (tertiary/aromatic N) is 2. The third kappa shape index (κ3) is 4.49. The van der Waals surface area contributed by atoms with Crippen molar-refractivity contribution in [2.45, 2.75) is 31.0 Å². The van der Waals surface area contributed by atoms with Gasteiger partial charge in [0.1, 0.15) is 5.60 Å². The van der Waals surface area contributed by atoms with Crippen LogP contribution >= 0.6 is 11.3 Å². The van der Waals surface area contributed by atoms with Crippen LogP contribution < -0.4 is 0 Å². The summed E-state index contributed by atoms with van der Waals surface area (Å²) in [6.07, 6.45) is -2.00. The maximum absolute atomic E-state index is 12.9. The fourth-order valence-corrected chi connectivity index (χ4v) is 5.51. The van der Waals surface area contributed by atoms with Crippen molar-refractivity contribution in [2.24, 2.45) is 5.92 Å². The summed E-state index contributed by atoms with van der Waals surface area (Å²) in [6, 6.07) is 10.7. The average molecular weight is 477 g/mol. The maximum Gasteiger partial charge on any atom is 0.416 e. The number of aliphatic hydroxyl groups is 1. The topological polar surface area (TPSA) is 62.7 Å². The van der Waals surface area contributed by atoms with E-state index in [1.54, 1.807) is 24.3 Å². The second-order valence-corrected chi connectivity index (χ2v) is 9.94. The van der Waals surface area contributed by atoms with Crippen molar-refractivity contribution in [1.29, 1.82) is 0 Å². The number of ether oxygens (including phenoxy) is 1. The highest BCUT2D eigenvalue weighted by atomic mass is 32.1. The van der Waals surface area contributed by atoms with E-state index in [0.29, 0.717) is 41.2 Å². The summed E-state index contributed by atoms with van der Waals surface area (Å²) in [6.45, 7) is 1.80. The van der Waals surface area contributed by atoms with Crippen molar-refractivity contribution < 1.29 is 27.8 Å². The van der Waals surface area contributed by atoms with Gasteiger partial charge in [-0.15, -0.1) is 11.3 Å². The zero-order valence-electron chi connectivity index (χ0n) is 17.8. The van der Waals surface area contributed by atoms with Gasteiger partial charge in [0, 0.05) is 25.1 Å². The van der Waals surface area contributed by atoms with E-state index in [1.807, 2.05) is 4.90 Å². The van der Waals surface area contributed by atoms with Crippen molar-refractivity contribution in [1.82, 2.24) is 9.88 Å². The number of halogens is 3. The molecule has 1 aromatic heterocycles. The number of likely N-dealkylation sites (tertiary alicyclic amines) is 1. The predicted octanol–water partition coefficient (Wildman–Crippen LogP) is 4.63. The molecule has 0 unspecified atom stereocenters. The molecule has 0 radical (unpaired) electrons. The lowest BCUT2D eigenvalue weighted by molar-refractivity contribution is -0.184. The minimum Gasteiger partial charge on any atom is -0.380 e. The van der Waals surface area contributed by atoms with Crippen LogP contribution in [0.3, 0.4) is 0 Å². The quantitative estimate of drug-likeness (QED) is 0.597. The fraction of sp³-hybridized carbons (Fsp3) is 0.417. The molecule has 2 saturated heterocycles. The van der Waals surface area contributed by atoms with Gasteiger partial charge in [-0.05, 0) is 54.7 Å². The van der Waals surface area contributed by atoms with Crippen molar-refractivity contribution in [3.05, 3.63) is 64.2 Å². The van der Waals surface area contributed by atoms with E-state index in [0.717, 1.165) is 29.5 Å². The Morgan fingerprint density at radius 3 is 2.45 bits per heavy atom. The van der Waals surface area contributed by atoms with Crippen LogP contribution in [0.15, 0.2) is 42.5 Å². The van der Waals surface area contributed by atoms with Crippen LogP contribution in [0, 0.1) is 5.92 Å². The van der Waals surface area contributed by atoms with E-state index in [9.17, 15) is 23.1 Å². The van der Waals surface area contributed by atoms with E-state index in [-0.39, 0.29) is 19.1 Å². The summed E-state index contributed by atoms with van der Waals surface area (Å²) in [5.74, 6) is 0.309. The second kappa shape index (κ2) is 8.38. The highest BCUT2D eigenvalue weighted by Gasteiger charge is 2.38. The molecule has 1 N–H and O–H groups in total. The van der Waals surface area contributed by atoms with E-state index >= 15 is 0 Å².